The van der Waals surface area contributed by atoms with Gasteiger partial charge in [0.15, 0.2) is 5.60 Å². The molecule has 0 amide bonds. The van der Waals surface area contributed by atoms with Crippen LogP contribution in [0.4, 0.5) is 13.2 Å². The first-order chi connectivity index (χ1) is 9.47. The Morgan fingerprint density at radius 3 is 2.43 bits per heavy atom. The molecule has 1 heterocycles. The van der Waals surface area contributed by atoms with Gasteiger partial charge in [-0.15, -0.1) is 0 Å². The maximum atomic E-state index is 12.8. The molecule has 1 unspecified atom stereocenters. The van der Waals surface area contributed by atoms with Crippen molar-refractivity contribution in [2.45, 2.75) is 36.9 Å². The molecule has 0 bridgehead atoms. The third-order valence-corrected chi connectivity index (χ3v) is 5.69. The fourth-order valence-electron chi connectivity index (χ4n) is 2.32. The molecule has 4 nitrogen and oxygen atoms in total. The second-order valence-electron chi connectivity index (χ2n) is 5.39. The Labute approximate surface area is 121 Å². The smallest absolute Gasteiger partial charge is 0.379 e. The van der Waals surface area contributed by atoms with E-state index in [2.05, 4.69) is 0 Å². The van der Waals surface area contributed by atoms with Gasteiger partial charge in [0.05, 0.1) is 11.4 Å². The normalized spacial score (nSPS) is 24.5. The van der Waals surface area contributed by atoms with Gasteiger partial charge >= 0.3 is 6.18 Å². The molecule has 1 aliphatic heterocycles. The van der Waals surface area contributed by atoms with E-state index in [1.807, 2.05) is 0 Å². The highest BCUT2D eigenvalue weighted by Gasteiger charge is 2.58. The molecule has 0 aromatic heterocycles. The monoisotopic (exact) mass is 323 g/mol. The van der Waals surface area contributed by atoms with Crippen LogP contribution in [0.5, 0.6) is 0 Å². The van der Waals surface area contributed by atoms with E-state index in [-0.39, 0.29) is 11.4 Å². The van der Waals surface area contributed by atoms with Crippen molar-refractivity contribution >= 4 is 10.0 Å². The third-order valence-electron chi connectivity index (χ3n) is 3.70. The molecular weight excluding hydrogens is 307 g/mol. The van der Waals surface area contributed by atoms with Crippen LogP contribution < -0.4 is 0 Å². The zero-order chi connectivity index (χ0) is 16.1. The maximum absolute atomic E-state index is 12.8. The molecule has 118 valence electrons. The number of nitrogens with zero attached hydrogens (tertiary/aromatic N) is 1. The molecule has 1 N–H and O–H groups in total. The van der Waals surface area contributed by atoms with E-state index < -0.39 is 34.8 Å². The first-order valence-electron chi connectivity index (χ1n) is 6.34. The summed E-state index contributed by atoms with van der Waals surface area (Å²) in [5.74, 6) is 0. The molecule has 0 spiro atoms. The molecule has 0 aliphatic carbocycles. The van der Waals surface area contributed by atoms with Crippen LogP contribution >= 0.6 is 0 Å². The predicted octanol–water partition coefficient (Wildman–Crippen LogP) is 1.99. The second kappa shape index (κ2) is 4.96. The molecule has 1 atom stereocenters. The van der Waals surface area contributed by atoms with Crippen molar-refractivity contribution in [3.8, 4) is 0 Å². The highest BCUT2D eigenvalue weighted by molar-refractivity contribution is 7.89. The molecule has 1 aromatic carbocycles. The Morgan fingerprint density at radius 2 is 1.90 bits per heavy atom. The van der Waals surface area contributed by atoms with E-state index in [1.165, 1.54) is 6.07 Å². The summed E-state index contributed by atoms with van der Waals surface area (Å²) in [6, 6.07) is 4.76. The molecule has 8 heteroatoms. The third kappa shape index (κ3) is 2.79. The zero-order valence-electron chi connectivity index (χ0n) is 11.6. The van der Waals surface area contributed by atoms with Gasteiger partial charge in [0.1, 0.15) is 0 Å². The van der Waals surface area contributed by atoms with Crippen molar-refractivity contribution in [1.29, 1.82) is 0 Å². The van der Waals surface area contributed by atoms with Crippen LogP contribution in [0.1, 0.15) is 17.5 Å². The number of aryl methyl sites for hydroxylation is 2. The number of aliphatic hydroxyl groups is 1. The van der Waals surface area contributed by atoms with Crippen LogP contribution in [-0.4, -0.2) is 42.7 Å². The van der Waals surface area contributed by atoms with Gasteiger partial charge in [0.2, 0.25) is 10.0 Å². The van der Waals surface area contributed by atoms with Crippen molar-refractivity contribution in [2.75, 3.05) is 13.1 Å². The highest BCUT2D eigenvalue weighted by atomic mass is 32.2. The van der Waals surface area contributed by atoms with E-state index in [1.54, 1.807) is 26.0 Å². The van der Waals surface area contributed by atoms with E-state index in [0.717, 1.165) is 0 Å². The molecule has 21 heavy (non-hydrogen) atoms. The zero-order valence-corrected chi connectivity index (χ0v) is 12.4. The lowest BCUT2D eigenvalue weighted by Gasteiger charge is -2.26. The van der Waals surface area contributed by atoms with Crippen molar-refractivity contribution in [2.24, 2.45) is 0 Å². The van der Waals surface area contributed by atoms with Crippen molar-refractivity contribution in [1.82, 2.24) is 4.31 Å². The minimum absolute atomic E-state index is 0.0195. The van der Waals surface area contributed by atoms with Crippen LogP contribution in [0.2, 0.25) is 0 Å². The summed E-state index contributed by atoms with van der Waals surface area (Å²) in [6.45, 7) is 1.96. The highest BCUT2D eigenvalue weighted by Crippen LogP contribution is 2.39. The number of rotatable bonds is 2. The van der Waals surface area contributed by atoms with Gasteiger partial charge < -0.3 is 5.11 Å². The lowest BCUT2D eigenvalue weighted by Crippen LogP contribution is -2.48. The van der Waals surface area contributed by atoms with Gasteiger partial charge in [-0.2, -0.15) is 17.5 Å². The topological polar surface area (TPSA) is 57.6 Å². The largest absolute Gasteiger partial charge is 0.418 e. The van der Waals surface area contributed by atoms with Crippen LogP contribution in [0.3, 0.4) is 0 Å². The summed E-state index contributed by atoms with van der Waals surface area (Å²) in [6.07, 6.45) is -5.50. The van der Waals surface area contributed by atoms with Crippen LogP contribution in [0.15, 0.2) is 23.1 Å². The first-order valence-corrected chi connectivity index (χ1v) is 7.78. The predicted molar refractivity (Wildman–Crippen MR) is 70.3 cm³/mol. The number of halogens is 3. The van der Waals surface area contributed by atoms with Crippen LogP contribution in [0, 0.1) is 13.8 Å². The first kappa shape index (κ1) is 16.3. The summed E-state index contributed by atoms with van der Waals surface area (Å²) in [5.41, 5.74) is -1.81. The van der Waals surface area contributed by atoms with E-state index in [0.29, 0.717) is 15.4 Å². The Kier molecular flexibility index (Phi) is 3.84. The van der Waals surface area contributed by atoms with Gasteiger partial charge in [-0.25, -0.2) is 8.42 Å². The number of alkyl halides is 3. The second-order valence-corrected chi connectivity index (χ2v) is 7.29. The van der Waals surface area contributed by atoms with Crippen molar-refractivity contribution < 1.29 is 26.7 Å². The Balaban J connectivity index is 2.37. The number of β-amino-alcohol motifs (C(OH)–C–C–N with tert-alkyl or cyclic N) is 1. The molecule has 2 rings (SSSR count). The lowest BCUT2D eigenvalue weighted by molar-refractivity contribution is -0.252. The number of hydrogen-bond acceptors (Lipinski definition) is 3. The van der Waals surface area contributed by atoms with E-state index in [9.17, 15) is 26.7 Å². The number of sulfonamides is 1. The molecule has 0 radical (unpaired) electrons. The maximum Gasteiger partial charge on any atom is 0.418 e. The molecule has 1 aromatic rings. The minimum atomic E-state index is -4.85. The standard InChI is InChI=1S/C13H16F3NO3S/c1-9-3-4-10(2)11(7-9)21(19,20)17-6-5-12(18,8-17)13(14,15)16/h3-4,7,18H,5-6,8H2,1-2H3. The molecule has 0 saturated carbocycles. The number of benzene rings is 1. The van der Waals surface area contributed by atoms with Crippen LogP contribution in [-0.2, 0) is 10.0 Å². The van der Waals surface area contributed by atoms with Crippen molar-refractivity contribution in [3.63, 3.8) is 0 Å². The number of hydrogen-bond donors (Lipinski definition) is 1. The van der Waals surface area contributed by atoms with Gasteiger partial charge in [-0.05, 0) is 31.0 Å². The average molecular weight is 323 g/mol. The molecule has 1 saturated heterocycles. The van der Waals surface area contributed by atoms with Crippen LogP contribution in [0.25, 0.3) is 0 Å². The van der Waals surface area contributed by atoms with Crippen molar-refractivity contribution in [3.05, 3.63) is 29.3 Å². The van der Waals surface area contributed by atoms with Gasteiger partial charge in [-0.1, -0.05) is 12.1 Å². The summed E-state index contributed by atoms with van der Waals surface area (Å²) in [4.78, 5) is -0.0195. The van der Waals surface area contributed by atoms with E-state index >= 15 is 0 Å². The average Bonchev–Trinajstić information content (AvgIpc) is 2.76. The van der Waals surface area contributed by atoms with Gasteiger partial charge in [0.25, 0.3) is 0 Å². The Morgan fingerprint density at radius 1 is 1.29 bits per heavy atom. The molecular formula is C13H16F3NO3S. The summed E-state index contributed by atoms with van der Waals surface area (Å²) in [7, 11) is -4.05. The fourth-order valence-corrected chi connectivity index (χ4v) is 4.12. The van der Waals surface area contributed by atoms with E-state index in [4.69, 9.17) is 0 Å². The Hall–Kier alpha value is -1.12. The SMILES string of the molecule is Cc1ccc(C)c(S(=O)(=O)N2CCC(O)(C(F)(F)F)C2)c1. The summed E-state index contributed by atoms with van der Waals surface area (Å²) >= 11 is 0. The summed E-state index contributed by atoms with van der Waals surface area (Å²) in [5, 5.41) is 9.60. The lowest BCUT2D eigenvalue weighted by atomic mass is 10.0. The van der Waals surface area contributed by atoms with Gasteiger partial charge in [0, 0.05) is 13.0 Å². The quantitative estimate of drug-likeness (QED) is 0.905. The molecule has 1 fully saturated rings. The van der Waals surface area contributed by atoms with Gasteiger partial charge in [-0.3, -0.25) is 0 Å². The minimum Gasteiger partial charge on any atom is -0.379 e. The molecule has 1 aliphatic rings. The Bertz CT molecular complexity index is 657. The fraction of sp³-hybridized carbons (Fsp3) is 0.538. The summed E-state index contributed by atoms with van der Waals surface area (Å²) < 4.78 is 64.0.